The first-order valence-corrected chi connectivity index (χ1v) is 7.09. The molecule has 2 rings (SSSR count). The van der Waals surface area contributed by atoms with Crippen LogP contribution in [0.1, 0.15) is 46.5 Å². The minimum Gasteiger partial charge on any atom is -0.329 e. The van der Waals surface area contributed by atoms with Gasteiger partial charge in [0, 0.05) is 23.7 Å². The van der Waals surface area contributed by atoms with Gasteiger partial charge in [-0.2, -0.15) is 0 Å². The van der Waals surface area contributed by atoms with Gasteiger partial charge in [0.2, 0.25) is 0 Å². The molecule has 2 aliphatic rings. The van der Waals surface area contributed by atoms with Crippen LogP contribution in [-0.2, 0) is 0 Å². The zero-order valence-corrected chi connectivity index (χ0v) is 12.0. The van der Waals surface area contributed by atoms with E-state index in [4.69, 9.17) is 5.73 Å². The van der Waals surface area contributed by atoms with E-state index in [1.807, 2.05) is 0 Å². The Hall–Kier alpha value is -0.120. The Morgan fingerprint density at radius 1 is 1.24 bits per heavy atom. The van der Waals surface area contributed by atoms with E-state index in [1.54, 1.807) is 0 Å². The molecule has 3 heteroatoms. The fourth-order valence-electron chi connectivity index (χ4n) is 3.94. The van der Waals surface area contributed by atoms with Gasteiger partial charge in [-0.1, -0.05) is 0 Å². The van der Waals surface area contributed by atoms with Crippen molar-refractivity contribution in [2.45, 2.75) is 63.6 Å². The highest BCUT2D eigenvalue weighted by atomic mass is 15.3. The summed E-state index contributed by atoms with van der Waals surface area (Å²) in [5, 5.41) is 0. The monoisotopic (exact) mass is 239 g/mol. The molecule has 0 aliphatic carbocycles. The van der Waals surface area contributed by atoms with Crippen LogP contribution in [0.15, 0.2) is 0 Å². The maximum Gasteiger partial charge on any atom is 0.0363 e. The molecule has 2 heterocycles. The van der Waals surface area contributed by atoms with Gasteiger partial charge in [0.15, 0.2) is 0 Å². The molecular formula is C14H29N3. The van der Waals surface area contributed by atoms with Crippen molar-refractivity contribution in [3.63, 3.8) is 0 Å². The first-order valence-electron chi connectivity index (χ1n) is 7.09. The molecular weight excluding hydrogens is 210 g/mol. The molecule has 2 fully saturated rings. The third-order valence-corrected chi connectivity index (χ3v) is 5.21. The second-order valence-electron chi connectivity index (χ2n) is 6.78. The Balaban J connectivity index is 2.20. The molecule has 0 amide bonds. The van der Waals surface area contributed by atoms with Crippen molar-refractivity contribution >= 4 is 0 Å². The Bertz CT molecular complexity index is 277. The van der Waals surface area contributed by atoms with Crippen molar-refractivity contribution in [1.82, 2.24) is 9.80 Å². The first-order chi connectivity index (χ1) is 7.91. The summed E-state index contributed by atoms with van der Waals surface area (Å²) in [5.74, 6) is 0. The summed E-state index contributed by atoms with van der Waals surface area (Å²) in [7, 11) is 2.24. The van der Waals surface area contributed by atoms with Crippen LogP contribution >= 0.6 is 0 Å². The van der Waals surface area contributed by atoms with Crippen LogP contribution in [0.5, 0.6) is 0 Å². The number of rotatable bonds is 2. The van der Waals surface area contributed by atoms with Gasteiger partial charge in [-0.15, -0.1) is 0 Å². The van der Waals surface area contributed by atoms with Gasteiger partial charge in [-0.25, -0.2) is 0 Å². The highest BCUT2D eigenvalue weighted by molar-refractivity contribution is 5.05. The van der Waals surface area contributed by atoms with Crippen LogP contribution in [0.3, 0.4) is 0 Å². The molecule has 0 radical (unpaired) electrons. The molecule has 3 nitrogen and oxygen atoms in total. The molecule has 2 aliphatic heterocycles. The lowest BCUT2D eigenvalue weighted by Gasteiger charge is -2.53. The van der Waals surface area contributed by atoms with Crippen LogP contribution in [0.2, 0.25) is 0 Å². The van der Waals surface area contributed by atoms with E-state index in [9.17, 15) is 0 Å². The van der Waals surface area contributed by atoms with Crippen LogP contribution < -0.4 is 5.73 Å². The fourth-order valence-corrected chi connectivity index (χ4v) is 3.94. The Morgan fingerprint density at radius 3 is 2.41 bits per heavy atom. The molecule has 0 saturated carbocycles. The minimum atomic E-state index is 0.256. The van der Waals surface area contributed by atoms with E-state index in [0.717, 1.165) is 6.54 Å². The van der Waals surface area contributed by atoms with E-state index < -0.39 is 0 Å². The molecule has 2 N–H and O–H groups in total. The second-order valence-corrected chi connectivity index (χ2v) is 6.78. The van der Waals surface area contributed by atoms with Gasteiger partial charge < -0.3 is 10.6 Å². The summed E-state index contributed by atoms with van der Waals surface area (Å²) in [6.45, 7) is 10.4. The van der Waals surface area contributed by atoms with Crippen LogP contribution in [-0.4, -0.2) is 53.6 Å². The summed E-state index contributed by atoms with van der Waals surface area (Å²) < 4.78 is 0. The Morgan fingerprint density at radius 2 is 1.94 bits per heavy atom. The fraction of sp³-hybridized carbons (Fsp3) is 1.00. The number of nitrogens with zero attached hydrogens (tertiary/aromatic N) is 2. The predicted octanol–water partition coefficient (Wildman–Crippen LogP) is 1.67. The van der Waals surface area contributed by atoms with Gasteiger partial charge in [-0.05, 0) is 66.6 Å². The van der Waals surface area contributed by atoms with Crippen molar-refractivity contribution in [3.8, 4) is 0 Å². The van der Waals surface area contributed by atoms with Gasteiger partial charge in [0.05, 0.1) is 0 Å². The average molecular weight is 239 g/mol. The number of hydrogen-bond donors (Lipinski definition) is 1. The quantitative estimate of drug-likeness (QED) is 0.795. The predicted molar refractivity (Wildman–Crippen MR) is 73.1 cm³/mol. The second kappa shape index (κ2) is 4.52. The smallest absolute Gasteiger partial charge is 0.0363 e. The standard InChI is InChI=1S/C14H29N3/c1-12-10-14(11-15,7-9-16(12)4)17-8-5-6-13(17,2)3/h12H,5-11,15H2,1-4H3. The molecule has 17 heavy (non-hydrogen) atoms. The summed E-state index contributed by atoms with van der Waals surface area (Å²) in [6.07, 6.45) is 5.11. The largest absolute Gasteiger partial charge is 0.329 e. The molecule has 2 saturated heterocycles. The van der Waals surface area contributed by atoms with Crippen molar-refractivity contribution in [2.24, 2.45) is 5.73 Å². The summed E-state index contributed by atoms with van der Waals surface area (Å²) in [4.78, 5) is 5.19. The maximum absolute atomic E-state index is 6.19. The summed E-state index contributed by atoms with van der Waals surface area (Å²) >= 11 is 0. The van der Waals surface area contributed by atoms with Crippen LogP contribution in [0.25, 0.3) is 0 Å². The molecule has 100 valence electrons. The van der Waals surface area contributed by atoms with Crippen LogP contribution in [0, 0.1) is 0 Å². The molecule has 2 atom stereocenters. The van der Waals surface area contributed by atoms with Gasteiger partial charge in [-0.3, -0.25) is 4.90 Å². The third-order valence-electron chi connectivity index (χ3n) is 5.21. The molecule has 0 aromatic carbocycles. The average Bonchev–Trinajstić information content (AvgIpc) is 2.63. The first kappa shape index (κ1) is 13.3. The summed E-state index contributed by atoms with van der Waals surface area (Å²) in [6, 6.07) is 0.656. The van der Waals surface area contributed by atoms with Gasteiger partial charge >= 0.3 is 0 Å². The van der Waals surface area contributed by atoms with Crippen molar-refractivity contribution < 1.29 is 0 Å². The Kier molecular flexibility index (Phi) is 3.54. The maximum atomic E-state index is 6.19. The molecule has 0 bridgehead atoms. The number of hydrogen-bond acceptors (Lipinski definition) is 3. The van der Waals surface area contributed by atoms with Crippen molar-refractivity contribution in [3.05, 3.63) is 0 Å². The topological polar surface area (TPSA) is 32.5 Å². The lowest BCUT2D eigenvalue weighted by atomic mass is 9.80. The zero-order chi connectivity index (χ0) is 12.7. The van der Waals surface area contributed by atoms with Crippen LogP contribution in [0.4, 0.5) is 0 Å². The van der Waals surface area contributed by atoms with Crippen molar-refractivity contribution in [2.75, 3.05) is 26.7 Å². The number of piperidine rings is 1. The zero-order valence-electron chi connectivity index (χ0n) is 12.0. The highest BCUT2D eigenvalue weighted by Gasteiger charge is 2.48. The Labute approximate surface area is 106 Å². The normalized spacial score (nSPS) is 39.7. The van der Waals surface area contributed by atoms with E-state index >= 15 is 0 Å². The molecule has 0 spiro atoms. The van der Waals surface area contributed by atoms with E-state index in [1.165, 1.54) is 38.8 Å². The molecule has 0 aromatic heterocycles. The van der Waals surface area contributed by atoms with Crippen molar-refractivity contribution in [1.29, 1.82) is 0 Å². The lowest BCUT2D eigenvalue weighted by molar-refractivity contribution is -0.0244. The number of likely N-dealkylation sites (tertiary alicyclic amines) is 2. The molecule has 2 unspecified atom stereocenters. The van der Waals surface area contributed by atoms with Gasteiger partial charge in [0.25, 0.3) is 0 Å². The van der Waals surface area contributed by atoms with E-state index in [2.05, 4.69) is 37.6 Å². The number of nitrogens with two attached hydrogens (primary N) is 1. The SMILES string of the molecule is CC1CC(CN)(N2CCCC2(C)C)CCN1C. The molecule has 0 aromatic rings. The lowest BCUT2D eigenvalue weighted by Crippen LogP contribution is -2.64. The van der Waals surface area contributed by atoms with E-state index in [0.29, 0.717) is 11.6 Å². The highest BCUT2D eigenvalue weighted by Crippen LogP contribution is 2.40. The third kappa shape index (κ3) is 2.25. The van der Waals surface area contributed by atoms with E-state index in [-0.39, 0.29) is 5.54 Å². The summed E-state index contributed by atoms with van der Waals surface area (Å²) in [5.41, 5.74) is 6.78. The van der Waals surface area contributed by atoms with Gasteiger partial charge in [0.1, 0.15) is 0 Å². The minimum absolute atomic E-state index is 0.256.